The van der Waals surface area contributed by atoms with Gasteiger partial charge in [-0.25, -0.2) is 4.39 Å². The number of halogens is 1. The zero-order valence-electron chi connectivity index (χ0n) is 14.6. The highest BCUT2D eigenvalue weighted by Gasteiger charge is 2.53. The molecule has 1 aromatic heterocycles. The van der Waals surface area contributed by atoms with Crippen LogP contribution in [0.5, 0.6) is 0 Å². The molecule has 2 aliphatic rings. The van der Waals surface area contributed by atoms with Gasteiger partial charge in [0.2, 0.25) is 5.91 Å². The number of rotatable bonds is 3. The molecule has 0 radical (unpaired) electrons. The summed E-state index contributed by atoms with van der Waals surface area (Å²) >= 11 is 0. The van der Waals surface area contributed by atoms with Gasteiger partial charge in [0, 0.05) is 32.5 Å². The predicted molar refractivity (Wildman–Crippen MR) is 96.5 cm³/mol. The van der Waals surface area contributed by atoms with Crippen molar-refractivity contribution in [3.63, 3.8) is 0 Å². The van der Waals surface area contributed by atoms with Crippen molar-refractivity contribution in [3.8, 4) is 0 Å². The molecule has 2 aromatic rings. The molecule has 4 rings (SSSR count). The summed E-state index contributed by atoms with van der Waals surface area (Å²) < 4.78 is 31.3. The number of carbonyl (C=O) groups excluding carboxylic acids is 2. The zero-order valence-corrected chi connectivity index (χ0v) is 15.4. The second kappa shape index (κ2) is 6.92. The van der Waals surface area contributed by atoms with Crippen LogP contribution >= 0.6 is 0 Å². The molecule has 1 spiro atoms. The lowest BCUT2D eigenvalue weighted by atomic mass is 10.0. The lowest BCUT2D eigenvalue weighted by Crippen LogP contribution is -2.55. The third-order valence-electron chi connectivity index (χ3n) is 5.30. The third kappa shape index (κ3) is 3.18. The van der Waals surface area contributed by atoms with Gasteiger partial charge in [0.1, 0.15) is 22.7 Å². The normalized spacial score (nSPS) is 21.8. The molecule has 0 aliphatic carbocycles. The number of benzene rings is 1. The molecule has 3 heterocycles. The Morgan fingerprint density at radius 3 is 2.70 bits per heavy atom. The lowest BCUT2D eigenvalue weighted by Gasteiger charge is -2.43. The zero-order chi connectivity index (χ0) is 19.0. The fourth-order valence-corrected chi connectivity index (χ4v) is 5.55. The standard InChI is InChI=1S/C19H19FN2O4S/c20-16-3-1-2-14(10-16)11-22-17(23)13-27(25)19(22)5-7-21(8-6-19)18(24)15-4-9-26-12-15/h1-4,9-10,12H,5-8,11,13H2. The van der Waals surface area contributed by atoms with Crippen LogP contribution in [0, 0.1) is 5.82 Å². The van der Waals surface area contributed by atoms with E-state index in [2.05, 4.69) is 0 Å². The van der Waals surface area contributed by atoms with Crippen LogP contribution in [0.15, 0.2) is 47.3 Å². The number of nitrogens with zero attached hydrogens (tertiary/aromatic N) is 2. The molecule has 2 amide bonds. The summed E-state index contributed by atoms with van der Waals surface area (Å²) in [5.74, 6) is -0.710. The average Bonchev–Trinajstić information content (AvgIpc) is 3.26. The summed E-state index contributed by atoms with van der Waals surface area (Å²) in [6.45, 7) is 1.03. The minimum Gasteiger partial charge on any atom is -0.472 e. The van der Waals surface area contributed by atoms with Crippen LogP contribution in [-0.2, 0) is 22.1 Å². The van der Waals surface area contributed by atoms with Gasteiger partial charge in [0.05, 0.1) is 22.6 Å². The van der Waals surface area contributed by atoms with Crippen molar-refractivity contribution in [1.82, 2.24) is 9.80 Å². The van der Waals surface area contributed by atoms with Crippen molar-refractivity contribution >= 4 is 22.6 Å². The summed E-state index contributed by atoms with van der Waals surface area (Å²) in [6.07, 6.45) is 3.72. The van der Waals surface area contributed by atoms with Gasteiger partial charge in [-0.1, -0.05) is 12.1 Å². The minimum absolute atomic E-state index is 0.0228. The molecule has 2 aliphatic heterocycles. The lowest BCUT2D eigenvalue weighted by molar-refractivity contribution is -0.131. The van der Waals surface area contributed by atoms with Crippen LogP contribution in [0.4, 0.5) is 4.39 Å². The van der Waals surface area contributed by atoms with Crippen molar-refractivity contribution < 1.29 is 22.6 Å². The molecule has 1 atom stereocenters. The van der Waals surface area contributed by atoms with E-state index in [9.17, 15) is 18.2 Å². The Labute approximate surface area is 158 Å². The molecule has 0 bridgehead atoms. The quantitative estimate of drug-likeness (QED) is 0.805. The van der Waals surface area contributed by atoms with E-state index in [1.54, 1.807) is 28.0 Å². The molecule has 2 saturated heterocycles. The Hall–Kier alpha value is -2.48. The van der Waals surface area contributed by atoms with E-state index < -0.39 is 15.7 Å². The number of hydrogen-bond donors (Lipinski definition) is 0. The molecule has 27 heavy (non-hydrogen) atoms. The Bertz CT molecular complexity index is 891. The van der Waals surface area contributed by atoms with Crippen LogP contribution < -0.4 is 0 Å². The highest BCUT2D eigenvalue weighted by atomic mass is 32.2. The largest absolute Gasteiger partial charge is 0.472 e. The molecule has 0 saturated carbocycles. The Balaban J connectivity index is 1.53. The molecular weight excluding hydrogens is 371 g/mol. The second-order valence-electron chi connectivity index (χ2n) is 6.85. The van der Waals surface area contributed by atoms with E-state index in [1.807, 2.05) is 0 Å². The molecular formula is C19H19FN2O4S. The first-order valence-electron chi connectivity index (χ1n) is 8.74. The molecule has 2 fully saturated rings. The molecule has 0 N–H and O–H groups in total. The number of furan rings is 1. The number of amides is 2. The highest BCUT2D eigenvalue weighted by Crippen LogP contribution is 2.38. The van der Waals surface area contributed by atoms with Gasteiger partial charge in [0.15, 0.2) is 0 Å². The van der Waals surface area contributed by atoms with Crippen molar-refractivity contribution in [2.24, 2.45) is 0 Å². The SMILES string of the molecule is O=C(c1ccoc1)N1CCC2(CC1)N(Cc1cccc(F)c1)C(=O)CS2=O. The average molecular weight is 390 g/mol. The monoisotopic (exact) mass is 390 g/mol. The van der Waals surface area contributed by atoms with E-state index in [-0.39, 0.29) is 29.9 Å². The van der Waals surface area contributed by atoms with Gasteiger partial charge in [-0.15, -0.1) is 0 Å². The van der Waals surface area contributed by atoms with Crippen LogP contribution in [0.1, 0.15) is 28.8 Å². The number of carbonyl (C=O) groups is 2. The summed E-state index contributed by atoms with van der Waals surface area (Å²) in [6, 6.07) is 7.70. The number of piperidine rings is 1. The van der Waals surface area contributed by atoms with Gasteiger partial charge in [-0.05, 0) is 23.8 Å². The molecule has 8 heteroatoms. The van der Waals surface area contributed by atoms with E-state index >= 15 is 0 Å². The van der Waals surface area contributed by atoms with Gasteiger partial charge in [-0.2, -0.15) is 0 Å². The topological polar surface area (TPSA) is 70.8 Å². The van der Waals surface area contributed by atoms with Gasteiger partial charge in [-0.3, -0.25) is 13.8 Å². The maximum atomic E-state index is 13.5. The van der Waals surface area contributed by atoms with Crippen molar-refractivity contribution in [3.05, 3.63) is 59.8 Å². The van der Waals surface area contributed by atoms with Gasteiger partial charge >= 0.3 is 0 Å². The first-order valence-corrected chi connectivity index (χ1v) is 10.1. The van der Waals surface area contributed by atoms with Gasteiger partial charge in [0.25, 0.3) is 5.91 Å². The summed E-state index contributed by atoms with van der Waals surface area (Å²) in [5, 5.41) is 0. The first kappa shape index (κ1) is 17.9. The maximum Gasteiger partial charge on any atom is 0.257 e. The second-order valence-corrected chi connectivity index (χ2v) is 8.59. The summed E-state index contributed by atoms with van der Waals surface area (Å²) in [7, 11) is -1.35. The van der Waals surface area contributed by atoms with Crippen LogP contribution in [0.25, 0.3) is 0 Å². The van der Waals surface area contributed by atoms with Crippen molar-refractivity contribution in [2.75, 3.05) is 18.8 Å². The van der Waals surface area contributed by atoms with E-state index in [0.29, 0.717) is 37.1 Å². The van der Waals surface area contributed by atoms with Crippen molar-refractivity contribution in [2.45, 2.75) is 24.3 Å². The van der Waals surface area contributed by atoms with E-state index in [4.69, 9.17) is 4.42 Å². The fourth-order valence-electron chi connectivity index (χ4n) is 3.85. The summed E-state index contributed by atoms with van der Waals surface area (Å²) in [5.41, 5.74) is 1.14. The Morgan fingerprint density at radius 2 is 2.04 bits per heavy atom. The number of likely N-dealkylation sites (tertiary alicyclic amines) is 1. The van der Waals surface area contributed by atoms with Crippen molar-refractivity contribution in [1.29, 1.82) is 0 Å². The Morgan fingerprint density at radius 1 is 1.26 bits per heavy atom. The van der Waals surface area contributed by atoms with Crippen LogP contribution in [0.2, 0.25) is 0 Å². The highest BCUT2D eigenvalue weighted by molar-refractivity contribution is 7.87. The number of hydrogen-bond acceptors (Lipinski definition) is 4. The molecule has 6 nitrogen and oxygen atoms in total. The smallest absolute Gasteiger partial charge is 0.257 e. The van der Waals surface area contributed by atoms with Gasteiger partial charge < -0.3 is 14.2 Å². The molecule has 1 unspecified atom stereocenters. The molecule has 142 valence electrons. The maximum absolute atomic E-state index is 13.5. The van der Waals surface area contributed by atoms with E-state index in [0.717, 1.165) is 0 Å². The first-order chi connectivity index (χ1) is 13.0. The minimum atomic E-state index is -1.35. The Kier molecular flexibility index (Phi) is 4.59. The van der Waals surface area contributed by atoms with Crippen LogP contribution in [0.3, 0.4) is 0 Å². The fraction of sp³-hybridized carbons (Fsp3) is 0.368. The molecule has 1 aromatic carbocycles. The van der Waals surface area contributed by atoms with E-state index in [1.165, 1.54) is 24.7 Å². The third-order valence-corrected chi connectivity index (χ3v) is 7.29. The van der Waals surface area contributed by atoms with Crippen LogP contribution in [-0.4, -0.2) is 49.5 Å². The summed E-state index contributed by atoms with van der Waals surface area (Å²) in [4.78, 5) is 27.5. The predicted octanol–water partition coefficient (Wildman–Crippen LogP) is 2.14.